The van der Waals surface area contributed by atoms with Crippen LogP contribution in [0.25, 0.3) is 0 Å². The van der Waals surface area contributed by atoms with E-state index in [0.29, 0.717) is 29.5 Å². The molecule has 3 N–H and O–H groups in total. The van der Waals surface area contributed by atoms with Gasteiger partial charge in [0.05, 0.1) is 24.7 Å². The molecule has 2 atom stereocenters. The summed E-state index contributed by atoms with van der Waals surface area (Å²) in [4.78, 5) is 11.9. The van der Waals surface area contributed by atoms with Crippen LogP contribution in [0, 0.1) is 0 Å². The number of nitrogen functional groups attached to an aromatic ring is 1. The highest BCUT2D eigenvalue weighted by atomic mass is 32.2. The van der Waals surface area contributed by atoms with E-state index in [1.807, 2.05) is 0 Å². The molecule has 1 aromatic carbocycles. The SMILES string of the molecule is COc1ccc(N)cc1NC(=O)CS(=O)CC1CCCO1. The molecular formula is C14H20N2O4S. The van der Waals surface area contributed by atoms with Gasteiger partial charge in [0.25, 0.3) is 0 Å². The van der Waals surface area contributed by atoms with Gasteiger partial charge < -0.3 is 20.5 Å². The van der Waals surface area contributed by atoms with Gasteiger partial charge in [0.2, 0.25) is 5.91 Å². The second-order valence-electron chi connectivity index (χ2n) is 4.89. The molecule has 2 unspecified atom stereocenters. The third-order valence-electron chi connectivity index (χ3n) is 3.19. The maximum Gasteiger partial charge on any atom is 0.237 e. The molecule has 0 saturated carbocycles. The van der Waals surface area contributed by atoms with E-state index in [4.69, 9.17) is 15.2 Å². The molecule has 1 heterocycles. The van der Waals surface area contributed by atoms with Gasteiger partial charge in [0, 0.05) is 23.1 Å². The van der Waals surface area contributed by atoms with E-state index >= 15 is 0 Å². The van der Waals surface area contributed by atoms with Crippen LogP contribution in [-0.2, 0) is 20.3 Å². The van der Waals surface area contributed by atoms with E-state index in [0.717, 1.165) is 12.8 Å². The highest BCUT2D eigenvalue weighted by Crippen LogP contribution is 2.26. The second-order valence-corrected chi connectivity index (χ2v) is 6.40. The van der Waals surface area contributed by atoms with Crippen molar-refractivity contribution in [2.75, 3.05) is 36.3 Å². The van der Waals surface area contributed by atoms with Crippen LogP contribution in [-0.4, -0.2) is 41.4 Å². The van der Waals surface area contributed by atoms with Crippen molar-refractivity contribution in [1.82, 2.24) is 0 Å². The van der Waals surface area contributed by atoms with Gasteiger partial charge in [-0.05, 0) is 31.0 Å². The zero-order chi connectivity index (χ0) is 15.2. The summed E-state index contributed by atoms with van der Waals surface area (Å²) in [5.41, 5.74) is 6.69. The molecule has 0 aromatic heterocycles. The van der Waals surface area contributed by atoms with Crippen molar-refractivity contribution in [3.63, 3.8) is 0 Å². The first-order valence-electron chi connectivity index (χ1n) is 6.78. The fourth-order valence-electron chi connectivity index (χ4n) is 2.20. The molecule has 1 saturated heterocycles. The molecule has 0 spiro atoms. The standard InChI is InChI=1S/C14H20N2O4S/c1-19-13-5-4-10(15)7-12(13)16-14(17)9-21(18)8-11-3-2-6-20-11/h4-5,7,11H,2-3,6,8-9,15H2,1H3,(H,16,17). The summed E-state index contributed by atoms with van der Waals surface area (Å²) in [6.07, 6.45) is 1.92. The lowest BCUT2D eigenvalue weighted by atomic mass is 10.2. The summed E-state index contributed by atoms with van der Waals surface area (Å²) in [7, 11) is 0.274. The first-order valence-corrected chi connectivity index (χ1v) is 8.27. The van der Waals surface area contributed by atoms with Gasteiger partial charge in [-0.25, -0.2) is 0 Å². The van der Waals surface area contributed by atoms with Crippen molar-refractivity contribution >= 4 is 28.1 Å². The van der Waals surface area contributed by atoms with Gasteiger partial charge >= 0.3 is 0 Å². The summed E-state index contributed by atoms with van der Waals surface area (Å²) >= 11 is 0. The van der Waals surface area contributed by atoms with E-state index < -0.39 is 10.8 Å². The molecule has 7 heteroatoms. The molecular weight excluding hydrogens is 292 g/mol. The number of nitrogens with one attached hydrogen (secondary N) is 1. The van der Waals surface area contributed by atoms with E-state index in [2.05, 4.69) is 5.32 Å². The van der Waals surface area contributed by atoms with Crippen LogP contribution in [0.5, 0.6) is 5.75 Å². The average molecular weight is 312 g/mol. The van der Waals surface area contributed by atoms with Gasteiger partial charge in [0.15, 0.2) is 0 Å². The smallest absolute Gasteiger partial charge is 0.237 e. The predicted octanol–water partition coefficient (Wildman–Crippen LogP) is 1.14. The quantitative estimate of drug-likeness (QED) is 0.769. The second kappa shape index (κ2) is 7.42. The summed E-state index contributed by atoms with van der Waals surface area (Å²) < 4.78 is 22.5. The fraction of sp³-hybridized carbons (Fsp3) is 0.500. The highest BCUT2D eigenvalue weighted by molar-refractivity contribution is 7.85. The summed E-state index contributed by atoms with van der Waals surface area (Å²) in [6, 6.07) is 4.97. The maximum atomic E-state index is 11.9. The van der Waals surface area contributed by atoms with E-state index in [-0.39, 0.29) is 17.8 Å². The van der Waals surface area contributed by atoms with Crippen molar-refractivity contribution in [2.45, 2.75) is 18.9 Å². The Bertz CT molecular complexity index is 530. The van der Waals surface area contributed by atoms with Crippen LogP contribution in [0.15, 0.2) is 18.2 Å². The molecule has 6 nitrogen and oxygen atoms in total. The molecule has 1 aromatic rings. The minimum Gasteiger partial charge on any atom is -0.495 e. The third-order valence-corrected chi connectivity index (χ3v) is 4.51. The van der Waals surface area contributed by atoms with Crippen LogP contribution < -0.4 is 15.8 Å². The molecule has 1 aliphatic rings. The Morgan fingerprint density at radius 1 is 1.57 bits per heavy atom. The van der Waals surface area contributed by atoms with Gasteiger partial charge in [-0.2, -0.15) is 0 Å². The molecule has 0 aliphatic carbocycles. The number of nitrogens with two attached hydrogens (primary N) is 1. The predicted molar refractivity (Wildman–Crippen MR) is 82.9 cm³/mol. The van der Waals surface area contributed by atoms with Crippen LogP contribution in [0.4, 0.5) is 11.4 Å². The van der Waals surface area contributed by atoms with Crippen molar-refractivity contribution < 1.29 is 18.5 Å². The molecule has 1 amide bonds. The van der Waals surface area contributed by atoms with Crippen molar-refractivity contribution in [3.8, 4) is 5.75 Å². The first kappa shape index (κ1) is 15.8. The van der Waals surface area contributed by atoms with Crippen LogP contribution >= 0.6 is 0 Å². The lowest BCUT2D eigenvalue weighted by Crippen LogP contribution is -2.25. The number of benzene rings is 1. The third kappa shape index (κ3) is 4.71. The normalized spacial score (nSPS) is 19.2. The molecule has 1 aliphatic heterocycles. The number of carbonyl (C=O) groups excluding carboxylic acids is 1. The number of rotatable bonds is 6. The fourth-order valence-corrected chi connectivity index (χ4v) is 3.36. The number of carbonyl (C=O) groups is 1. The average Bonchev–Trinajstić information content (AvgIpc) is 2.91. The van der Waals surface area contributed by atoms with Gasteiger partial charge in [-0.15, -0.1) is 0 Å². The number of ether oxygens (including phenoxy) is 2. The number of methoxy groups -OCH3 is 1. The molecule has 0 bridgehead atoms. The van der Waals surface area contributed by atoms with Gasteiger partial charge in [-0.3, -0.25) is 9.00 Å². The molecule has 116 valence electrons. The summed E-state index contributed by atoms with van der Waals surface area (Å²) in [6.45, 7) is 0.717. The zero-order valence-corrected chi connectivity index (χ0v) is 12.8. The topological polar surface area (TPSA) is 90.6 Å². The minimum absolute atomic E-state index is 0.0144. The number of amides is 1. The van der Waals surface area contributed by atoms with Gasteiger partial charge in [0.1, 0.15) is 11.5 Å². The first-order chi connectivity index (χ1) is 10.1. The van der Waals surface area contributed by atoms with Crippen molar-refractivity contribution in [2.24, 2.45) is 0 Å². The Hall–Kier alpha value is -1.60. The van der Waals surface area contributed by atoms with Crippen LogP contribution in [0.2, 0.25) is 0 Å². The number of hydrogen-bond donors (Lipinski definition) is 2. The van der Waals surface area contributed by atoms with Crippen LogP contribution in [0.3, 0.4) is 0 Å². The summed E-state index contributed by atoms with van der Waals surface area (Å²) in [5, 5.41) is 2.68. The molecule has 0 radical (unpaired) electrons. The monoisotopic (exact) mass is 312 g/mol. The van der Waals surface area contributed by atoms with E-state index in [1.165, 1.54) is 7.11 Å². The van der Waals surface area contributed by atoms with E-state index in [1.54, 1.807) is 18.2 Å². The van der Waals surface area contributed by atoms with Crippen molar-refractivity contribution in [1.29, 1.82) is 0 Å². The zero-order valence-electron chi connectivity index (χ0n) is 12.0. The largest absolute Gasteiger partial charge is 0.495 e. The number of hydrogen-bond acceptors (Lipinski definition) is 5. The lowest BCUT2D eigenvalue weighted by molar-refractivity contribution is -0.113. The van der Waals surface area contributed by atoms with Gasteiger partial charge in [-0.1, -0.05) is 0 Å². The molecule has 2 rings (SSSR count). The highest BCUT2D eigenvalue weighted by Gasteiger charge is 2.20. The molecule has 1 fully saturated rings. The van der Waals surface area contributed by atoms with Crippen LogP contribution in [0.1, 0.15) is 12.8 Å². The van der Waals surface area contributed by atoms with E-state index in [9.17, 15) is 9.00 Å². The Morgan fingerprint density at radius 3 is 3.05 bits per heavy atom. The van der Waals surface area contributed by atoms with Crippen molar-refractivity contribution in [3.05, 3.63) is 18.2 Å². The minimum atomic E-state index is -1.24. The Kier molecular flexibility index (Phi) is 5.58. The maximum absolute atomic E-state index is 11.9. The Balaban J connectivity index is 1.89. The molecule has 21 heavy (non-hydrogen) atoms. The lowest BCUT2D eigenvalue weighted by Gasteiger charge is -2.12. The Morgan fingerprint density at radius 2 is 2.38 bits per heavy atom. The Labute approximate surface area is 126 Å². The summed E-state index contributed by atoms with van der Waals surface area (Å²) in [5.74, 6) is 0.539. The number of anilines is 2.